The van der Waals surface area contributed by atoms with Gasteiger partial charge in [-0.15, -0.1) is 0 Å². The molecule has 1 aliphatic heterocycles. The van der Waals surface area contributed by atoms with E-state index in [1.165, 1.54) is 12.1 Å². The van der Waals surface area contributed by atoms with Gasteiger partial charge in [0.15, 0.2) is 5.60 Å². The molecule has 18 heavy (non-hydrogen) atoms. The van der Waals surface area contributed by atoms with Crippen molar-refractivity contribution in [3.63, 3.8) is 0 Å². The van der Waals surface area contributed by atoms with E-state index in [1.807, 2.05) is 6.07 Å². The summed E-state index contributed by atoms with van der Waals surface area (Å²) in [4.78, 5) is 0. The zero-order valence-electron chi connectivity index (χ0n) is 9.01. The average Bonchev–Trinajstić information content (AvgIpc) is 2.39. The van der Waals surface area contributed by atoms with Gasteiger partial charge >= 0.3 is 0 Å². The third-order valence-electron chi connectivity index (χ3n) is 2.61. The van der Waals surface area contributed by atoms with E-state index in [1.54, 1.807) is 0 Å². The Kier molecular flexibility index (Phi) is 3.47. The maximum atomic E-state index is 12.9. The fourth-order valence-electron chi connectivity index (χ4n) is 1.67. The molecule has 0 unspecified atom stereocenters. The van der Waals surface area contributed by atoms with E-state index in [0.29, 0.717) is 5.56 Å². The molecule has 0 amide bonds. The molecule has 0 spiro atoms. The molecular formula is C12H7Cl2F2NO. The molecule has 0 atom stereocenters. The van der Waals surface area contributed by atoms with Crippen LogP contribution in [0.25, 0.3) is 5.57 Å². The molecule has 2 rings (SSSR count). The van der Waals surface area contributed by atoms with Gasteiger partial charge in [0.25, 0.3) is 0 Å². The molecule has 0 saturated heterocycles. The maximum absolute atomic E-state index is 12.9. The highest BCUT2D eigenvalue weighted by atomic mass is 35.5. The van der Waals surface area contributed by atoms with Crippen molar-refractivity contribution in [1.29, 1.82) is 5.26 Å². The number of hydrogen-bond acceptors (Lipinski definition) is 2. The number of allylic oxidation sites excluding steroid dienone is 1. The molecule has 1 heterocycles. The van der Waals surface area contributed by atoms with E-state index >= 15 is 0 Å². The molecule has 0 N–H and O–H groups in total. The third kappa shape index (κ3) is 2.05. The van der Waals surface area contributed by atoms with Crippen LogP contribution in [-0.4, -0.2) is 19.0 Å². The Bertz CT molecular complexity index is 562. The number of nitrogens with zero attached hydrogens (tertiary/aromatic N) is 1. The maximum Gasteiger partial charge on any atom is 0.185 e. The first-order valence-electron chi connectivity index (χ1n) is 4.98. The predicted molar refractivity (Wildman–Crippen MR) is 65.4 cm³/mol. The van der Waals surface area contributed by atoms with Crippen LogP contribution in [0.5, 0.6) is 5.75 Å². The molecule has 0 aromatic heterocycles. The zero-order chi connectivity index (χ0) is 13.3. The average molecular weight is 290 g/mol. The van der Waals surface area contributed by atoms with Gasteiger partial charge in [0.2, 0.25) is 0 Å². The number of hydrogen-bond donors (Lipinski definition) is 0. The van der Waals surface area contributed by atoms with Crippen molar-refractivity contribution in [3.05, 3.63) is 33.8 Å². The summed E-state index contributed by atoms with van der Waals surface area (Å²) in [5.74, 6) is 0.152. The number of alkyl halides is 2. The van der Waals surface area contributed by atoms with Gasteiger partial charge in [-0.2, -0.15) is 5.26 Å². The van der Waals surface area contributed by atoms with E-state index in [9.17, 15) is 8.78 Å². The molecule has 0 radical (unpaired) electrons. The number of nitriles is 1. The van der Waals surface area contributed by atoms with Gasteiger partial charge in [-0.25, -0.2) is 8.78 Å². The van der Waals surface area contributed by atoms with Crippen molar-refractivity contribution in [1.82, 2.24) is 0 Å². The van der Waals surface area contributed by atoms with Crippen LogP contribution in [0, 0.1) is 11.3 Å². The van der Waals surface area contributed by atoms with Crippen molar-refractivity contribution < 1.29 is 13.5 Å². The summed E-state index contributed by atoms with van der Waals surface area (Å²) in [7, 11) is 0. The SMILES string of the molecule is N#CC1=CC(CF)(CF)Oc2cc(Cl)c(Cl)cc21. The van der Waals surface area contributed by atoms with Crippen LogP contribution in [0.3, 0.4) is 0 Å². The molecule has 0 fully saturated rings. The predicted octanol–water partition coefficient (Wildman–Crippen LogP) is 3.97. The van der Waals surface area contributed by atoms with Crippen LogP contribution in [0.1, 0.15) is 5.56 Å². The van der Waals surface area contributed by atoms with Crippen molar-refractivity contribution in [2.24, 2.45) is 0 Å². The lowest BCUT2D eigenvalue weighted by Gasteiger charge is -2.31. The molecule has 1 aromatic carbocycles. The summed E-state index contributed by atoms with van der Waals surface area (Å²) in [6, 6.07) is 4.67. The quantitative estimate of drug-likeness (QED) is 0.825. The fraction of sp³-hybridized carbons (Fsp3) is 0.250. The lowest BCUT2D eigenvalue weighted by Crippen LogP contribution is -2.41. The minimum absolute atomic E-state index is 0.116. The largest absolute Gasteiger partial charge is 0.477 e. The normalized spacial score (nSPS) is 16.3. The van der Waals surface area contributed by atoms with Crippen LogP contribution in [0.2, 0.25) is 10.0 Å². The van der Waals surface area contributed by atoms with Gasteiger partial charge in [-0.05, 0) is 12.1 Å². The van der Waals surface area contributed by atoms with Gasteiger partial charge in [0.1, 0.15) is 19.1 Å². The van der Waals surface area contributed by atoms with Crippen LogP contribution < -0.4 is 4.74 Å². The first-order valence-corrected chi connectivity index (χ1v) is 5.74. The minimum Gasteiger partial charge on any atom is -0.477 e. The van der Waals surface area contributed by atoms with Crippen LogP contribution in [-0.2, 0) is 0 Å². The van der Waals surface area contributed by atoms with Crippen LogP contribution in [0.4, 0.5) is 8.78 Å². The van der Waals surface area contributed by atoms with Crippen molar-refractivity contribution in [2.75, 3.05) is 13.3 Å². The highest BCUT2D eigenvalue weighted by molar-refractivity contribution is 6.42. The molecule has 6 heteroatoms. The first kappa shape index (κ1) is 13.1. The zero-order valence-corrected chi connectivity index (χ0v) is 10.5. The molecule has 1 aromatic rings. The van der Waals surface area contributed by atoms with E-state index in [2.05, 4.69) is 0 Å². The Balaban J connectivity index is 2.62. The van der Waals surface area contributed by atoms with Gasteiger partial charge < -0.3 is 4.74 Å². The van der Waals surface area contributed by atoms with E-state index in [0.717, 1.165) is 6.08 Å². The molecule has 0 bridgehead atoms. The highest BCUT2D eigenvalue weighted by Crippen LogP contribution is 2.40. The van der Waals surface area contributed by atoms with Crippen molar-refractivity contribution in [2.45, 2.75) is 5.60 Å². The van der Waals surface area contributed by atoms with Crippen LogP contribution in [0.15, 0.2) is 18.2 Å². The van der Waals surface area contributed by atoms with Crippen molar-refractivity contribution >= 4 is 28.8 Å². The molecule has 94 valence electrons. The summed E-state index contributed by atoms with van der Waals surface area (Å²) in [5, 5.41) is 9.47. The molecular weight excluding hydrogens is 283 g/mol. The van der Waals surface area contributed by atoms with Gasteiger partial charge in [-0.3, -0.25) is 0 Å². The Morgan fingerprint density at radius 2 is 1.83 bits per heavy atom. The van der Waals surface area contributed by atoms with E-state index in [4.69, 9.17) is 33.2 Å². The first-order chi connectivity index (χ1) is 8.55. The Morgan fingerprint density at radius 1 is 1.22 bits per heavy atom. The van der Waals surface area contributed by atoms with E-state index < -0.39 is 19.0 Å². The Morgan fingerprint density at radius 3 is 2.39 bits per heavy atom. The van der Waals surface area contributed by atoms with Gasteiger partial charge in [0.05, 0.1) is 21.7 Å². The number of benzene rings is 1. The van der Waals surface area contributed by atoms with Crippen molar-refractivity contribution in [3.8, 4) is 11.8 Å². The highest BCUT2D eigenvalue weighted by Gasteiger charge is 2.36. The summed E-state index contributed by atoms with van der Waals surface area (Å²) in [6.07, 6.45) is 1.14. The lowest BCUT2D eigenvalue weighted by atomic mass is 9.94. The summed E-state index contributed by atoms with van der Waals surface area (Å²) >= 11 is 11.6. The third-order valence-corrected chi connectivity index (χ3v) is 3.33. The minimum atomic E-state index is -1.75. The second kappa shape index (κ2) is 4.75. The monoisotopic (exact) mass is 289 g/mol. The molecule has 0 saturated carbocycles. The Labute approximate surface area is 112 Å². The summed E-state index contributed by atoms with van der Waals surface area (Å²) in [6.45, 7) is -2.15. The van der Waals surface area contributed by atoms with Gasteiger partial charge in [0, 0.05) is 11.6 Å². The fourth-order valence-corrected chi connectivity index (χ4v) is 1.99. The lowest BCUT2D eigenvalue weighted by molar-refractivity contribution is 0.0595. The second-order valence-corrected chi connectivity index (χ2v) is 4.68. The standard InChI is InChI=1S/C12H7Cl2F2NO/c13-9-1-8-7(4-17)3-12(5-15,6-16)18-11(8)2-10(9)14/h1-3H,5-6H2. The second-order valence-electron chi connectivity index (χ2n) is 3.87. The summed E-state index contributed by atoms with van der Waals surface area (Å²) in [5.41, 5.74) is -1.26. The van der Waals surface area contributed by atoms with Gasteiger partial charge in [-0.1, -0.05) is 23.2 Å². The molecule has 1 aliphatic rings. The molecule has 0 aliphatic carbocycles. The molecule has 2 nitrogen and oxygen atoms in total. The topological polar surface area (TPSA) is 33.0 Å². The Hall–Kier alpha value is -1.31. The number of fused-ring (bicyclic) bond motifs is 1. The van der Waals surface area contributed by atoms with Crippen LogP contribution >= 0.6 is 23.2 Å². The number of ether oxygens (including phenoxy) is 1. The van der Waals surface area contributed by atoms with E-state index in [-0.39, 0.29) is 21.4 Å². The smallest absolute Gasteiger partial charge is 0.185 e. The summed E-state index contributed by atoms with van der Waals surface area (Å²) < 4.78 is 31.1. The number of halogens is 4. The number of rotatable bonds is 2.